The van der Waals surface area contributed by atoms with E-state index in [2.05, 4.69) is 48.0 Å². The fourth-order valence-corrected chi connectivity index (χ4v) is 7.69. The number of aryl methyl sites for hydroxylation is 3. The number of carbonyl (C=O) groups is 1. The molecule has 10 heteroatoms. The first kappa shape index (κ1) is 31.5. The van der Waals surface area contributed by atoms with Crippen molar-refractivity contribution in [1.29, 1.82) is 5.26 Å². The maximum Gasteiger partial charge on any atom is 0.254 e. The number of piperidine rings is 1. The molecule has 2 saturated heterocycles. The van der Waals surface area contributed by atoms with Crippen LogP contribution in [0.5, 0.6) is 0 Å². The Hall–Kier alpha value is -3.94. The predicted molar refractivity (Wildman–Crippen MR) is 174 cm³/mol. The number of rotatable bonds is 6. The van der Waals surface area contributed by atoms with Crippen molar-refractivity contribution in [2.75, 3.05) is 42.5 Å². The lowest BCUT2D eigenvalue weighted by Gasteiger charge is -2.41. The van der Waals surface area contributed by atoms with Gasteiger partial charge in [-0.15, -0.1) is 0 Å². The number of nitriles is 1. The number of nitrogens with zero attached hydrogens (tertiary/aromatic N) is 5. The third-order valence-corrected chi connectivity index (χ3v) is 10.2. The van der Waals surface area contributed by atoms with Crippen molar-refractivity contribution < 1.29 is 13.2 Å². The van der Waals surface area contributed by atoms with Gasteiger partial charge in [-0.2, -0.15) is 5.26 Å². The Morgan fingerprint density at radius 1 is 1.02 bits per heavy atom. The molecule has 3 heterocycles. The maximum absolute atomic E-state index is 14.1. The topological polar surface area (TPSA) is 124 Å². The molecular weight excluding hydrogens is 572 g/mol. The fourth-order valence-electron chi connectivity index (χ4n) is 6.99. The molecule has 0 aliphatic carbocycles. The van der Waals surface area contributed by atoms with Gasteiger partial charge in [0.1, 0.15) is 16.8 Å². The van der Waals surface area contributed by atoms with Gasteiger partial charge in [-0.1, -0.05) is 12.1 Å². The van der Waals surface area contributed by atoms with Gasteiger partial charge in [0.25, 0.3) is 5.91 Å². The van der Waals surface area contributed by atoms with Crippen LogP contribution in [0.2, 0.25) is 0 Å². The molecule has 2 aromatic carbocycles. The molecule has 2 aliphatic rings. The van der Waals surface area contributed by atoms with Crippen LogP contribution in [0.4, 0.5) is 11.5 Å². The lowest BCUT2D eigenvalue weighted by atomic mass is 9.83. The zero-order chi connectivity index (χ0) is 31.8. The average Bonchev–Trinajstić information content (AvgIpc) is 2.99. The summed E-state index contributed by atoms with van der Waals surface area (Å²) in [6.07, 6.45) is 4.54. The number of hydrogen-bond acceptors (Lipinski definition) is 7. The van der Waals surface area contributed by atoms with Crippen molar-refractivity contribution in [2.24, 2.45) is 11.1 Å². The van der Waals surface area contributed by atoms with E-state index in [1.165, 1.54) is 17.2 Å². The van der Waals surface area contributed by atoms with E-state index in [9.17, 15) is 18.5 Å². The lowest BCUT2D eigenvalue weighted by molar-refractivity contribution is 0.0671. The molecule has 2 N–H and O–H groups in total. The van der Waals surface area contributed by atoms with Gasteiger partial charge in [-0.3, -0.25) is 4.79 Å². The van der Waals surface area contributed by atoms with E-state index in [-0.39, 0.29) is 16.8 Å². The maximum atomic E-state index is 14.1. The molecule has 2 aliphatic heterocycles. The van der Waals surface area contributed by atoms with Crippen LogP contribution in [-0.2, 0) is 16.4 Å². The Labute approximate surface area is 261 Å². The summed E-state index contributed by atoms with van der Waals surface area (Å²) in [5.41, 5.74) is 8.11. The van der Waals surface area contributed by atoms with Crippen LogP contribution in [0.3, 0.4) is 0 Å². The SMILES string of the molecule is Cc1ccc(N2CCC(Cc3c(C)cc(C)c(C(=O)N4CCN(c5ncccc5S(N)(=O)=O)C[C@@H]4C)c3C)CC2)c(C#N)c1. The summed E-state index contributed by atoms with van der Waals surface area (Å²) in [5, 5.41) is 15.1. The molecule has 232 valence electrons. The standard InChI is InChI=1S/C34H42N6O3S/c1-22-8-9-30(28(17-22)20-35)38-13-10-27(11-14-38)19-29-23(2)18-24(3)32(26(29)5)34(41)40-16-15-39(21-25(40)4)33-31(44(36,42)43)7-6-12-37-33/h6-9,12,17-18,25,27H,10-11,13-16,19,21H2,1-5H3,(H2,36,42,43)/t25-/m0/s1. The number of primary sulfonamides is 1. The smallest absolute Gasteiger partial charge is 0.254 e. The zero-order valence-corrected chi connectivity index (χ0v) is 27.1. The monoisotopic (exact) mass is 614 g/mol. The minimum Gasteiger partial charge on any atom is -0.370 e. The second kappa shape index (κ2) is 12.6. The molecule has 2 fully saturated rings. The van der Waals surface area contributed by atoms with Gasteiger partial charge in [0.05, 0.1) is 11.3 Å². The van der Waals surface area contributed by atoms with Crippen molar-refractivity contribution in [3.05, 3.63) is 81.5 Å². The summed E-state index contributed by atoms with van der Waals surface area (Å²) < 4.78 is 24.3. The van der Waals surface area contributed by atoms with Gasteiger partial charge in [0.15, 0.2) is 0 Å². The van der Waals surface area contributed by atoms with Crippen LogP contribution in [0.1, 0.15) is 63.5 Å². The predicted octanol–water partition coefficient (Wildman–Crippen LogP) is 4.64. The lowest BCUT2D eigenvalue weighted by Crippen LogP contribution is -2.54. The van der Waals surface area contributed by atoms with Crippen LogP contribution < -0.4 is 14.9 Å². The van der Waals surface area contributed by atoms with E-state index in [1.807, 2.05) is 36.6 Å². The van der Waals surface area contributed by atoms with Gasteiger partial charge in [0.2, 0.25) is 10.0 Å². The number of benzene rings is 2. The summed E-state index contributed by atoms with van der Waals surface area (Å²) in [5.74, 6) is 0.842. The van der Waals surface area contributed by atoms with E-state index < -0.39 is 10.0 Å². The molecule has 0 saturated carbocycles. The Morgan fingerprint density at radius 2 is 1.75 bits per heavy atom. The highest BCUT2D eigenvalue weighted by Gasteiger charge is 2.33. The van der Waals surface area contributed by atoms with Crippen molar-refractivity contribution in [1.82, 2.24) is 9.88 Å². The summed E-state index contributed by atoms with van der Waals surface area (Å²) in [7, 11) is -3.93. The number of amides is 1. The molecule has 0 spiro atoms. The van der Waals surface area contributed by atoms with Crippen LogP contribution >= 0.6 is 0 Å². The van der Waals surface area contributed by atoms with Crippen LogP contribution in [0, 0.1) is 44.9 Å². The van der Waals surface area contributed by atoms with Gasteiger partial charge in [0, 0.05) is 50.5 Å². The minimum atomic E-state index is -3.93. The molecule has 1 aromatic heterocycles. The highest BCUT2D eigenvalue weighted by Crippen LogP contribution is 2.33. The molecule has 3 aromatic rings. The Kier molecular flexibility index (Phi) is 9.00. The number of piperazine rings is 1. The quantitative estimate of drug-likeness (QED) is 0.429. The zero-order valence-electron chi connectivity index (χ0n) is 26.3. The molecule has 44 heavy (non-hydrogen) atoms. The summed E-state index contributed by atoms with van der Waals surface area (Å²) in [4.78, 5) is 24.5. The Morgan fingerprint density at radius 3 is 2.41 bits per heavy atom. The third-order valence-electron chi connectivity index (χ3n) is 9.31. The largest absolute Gasteiger partial charge is 0.370 e. The van der Waals surface area contributed by atoms with Crippen molar-refractivity contribution in [3.8, 4) is 6.07 Å². The first-order valence-corrected chi connectivity index (χ1v) is 16.8. The molecule has 0 radical (unpaired) electrons. The van der Waals surface area contributed by atoms with Crippen molar-refractivity contribution >= 4 is 27.4 Å². The van der Waals surface area contributed by atoms with E-state index >= 15 is 0 Å². The molecule has 9 nitrogen and oxygen atoms in total. The third kappa shape index (κ3) is 6.30. The number of anilines is 2. The second-order valence-corrected chi connectivity index (χ2v) is 13.9. The molecule has 1 atom stereocenters. The molecule has 0 bridgehead atoms. The van der Waals surface area contributed by atoms with Crippen LogP contribution in [0.25, 0.3) is 0 Å². The van der Waals surface area contributed by atoms with Gasteiger partial charge >= 0.3 is 0 Å². The first-order chi connectivity index (χ1) is 20.9. The average molecular weight is 615 g/mol. The summed E-state index contributed by atoms with van der Waals surface area (Å²) in [6.45, 7) is 13.4. The number of pyridine rings is 1. The normalized spacial score (nSPS) is 17.9. The van der Waals surface area contributed by atoms with E-state index in [0.29, 0.717) is 31.4 Å². The number of carbonyl (C=O) groups excluding carboxylic acids is 1. The van der Waals surface area contributed by atoms with Gasteiger partial charge in [-0.25, -0.2) is 18.5 Å². The minimum absolute atomic E-state index is 0.00274. The molecular formula is C34H42N6O3S. The van der Waals surface area contributed by atoms with Crippen molar-refractivity contribution in [3.63, 3.8) is 0 Å². The molecule has 1 amide bonds. The first-order valence-electron chi connectivity index (χ1n) is 15.3. The fraction of sp³-hybridized carbons (Fsp3) is 0.441. The number of sulfonamides is 1. The van der Waals surface area contributed by atoms with Gasteiger partial charge in [-0.05, 0) is 112 Å². The van der Waals surface area contributed by atoms with Gasteiger partial charge < -0.3 is 14.7 Å². The highest BCUT2D eigenvalue weighted by molar-refractivity contribution is 7.89. The number of aromatic nitrogens is 1. The van der Waals surface area contributed by atoms with Crippen LogP contribution in [0.15, 0.2) is 47.5 Å². The Bertz CT molecular complexity index is 1720. The van der Waals surface area contributed by atoms with Crippen LogP contribution in [-0.4, -0.2) is 63.0 Å². The number of nitrogens with two attached hydrogens (primary N) is 1. The van der Waals surface area contributed by atoms with E-state index in [4.69, 9.17) is 5.14 Å². The second-order valence-electron chi connectivity index (χ2n) is 12.4. The summed E-state index contributed by atoms with van der Waals surface area (Å²) in [6, 6.07) is 13.5. The number of hydrogen-bond donors (Lipinski definition) is 1. The van der Waals surface area contributed by atoms with E-state index in [1.54, 1.807) is 12.3 Å². The van der Waals surface area contributed by atoms with Crippen molar-refractivity contribution in [2.45, 2.75) is 64.8 Å². The molecule has 5 rings (SSSR count). The van der Waals surface area contributed by atoms with E-state index in [0.717, 1.165) is 65.9 Å². The highest BCUT2D eigenvalue weighted by atomic mass is 32.2. The molecule has 0 unspecified atom stereocenters. The Balaban J connectivity index is 1.30. The summed E-state index contributed by atoms with van der Waals surface area (Å²) >= 11 is 0.